The van der Waals surface area contributed by atoms with E-state index in [4.69, 9.17) is 10.2 Å². The molecule has 3 rings (SSSR count). The molecule has 96 valence electrons. The largest absolute Gasteiger partial charge is 0.408 e. The van der Waals surface area contributed by atoms with Crippen molar-refractivity contribution in [3.05, 3.63) is 46.1 Å². The number of aromatic nitrogens is 3. The van der Waals surface area contributed by atoms with Crippen molar-refractivity contribution in [1.82, 2.24) is 15.2 Å². The molecule has 0 bridgehead atoms. The van der Waals surface area contributed by atoms with Crippen molar-refractivity contribution in [2.75, 3.05) is 5.73 Å². The van der Waals surface area contributed by atoms with Crippen LogP contribution in [0.2, 0.25) is 0 Å². The summed E-state index contributed by atoms with van der Waals surface area (Å²) < 4.78 is 5.22. The predicted octanol–water partition coefficient (Wildman–Crippen LogP) is 2.67. The maximum absolute atomic E-state index is 5.43. The van der Waals surface area contributed by atoms with Gasteiger partial charge in [0.15, 0.2) is 0 Å². The summed E-state index contributed by atoms with van der Waals surface area (Å²) in [6.45, 7) is 1.99. The summed E-state index contributed by atoms with van der Waals surface area (Å²) in [6, 6.07) is 10.2. The van der Waals surface area contributed by atoms with Crippen molar-refractivity contribution in [3.8, 4) is 11.3 Å². The average Bonchev–Trinajstić information content (AvgIpc) is 2.97. The van der Waals surface area contributed by atoms with E-state index in [1.54, 1.807) is 11.3 Å². The monoisotopic (exact) mass is 272 g/mol. The highest BCUT2D eigenvalue weighted by Crippen LogP contribution is 2.29. The Kier molecular flexibility index (Phi) is 3.00. The molecule has 0 saturated heterocycles. The molecule has 0 aliphatic carbocycles. The first kappa shape index (κ1) is 11.9. The highest BCUT2D eigenvalue weighted by atomic mass is 32.1. The zero-order valence-electron chi connectivity index (χ0n) is 10.3. The first-order chi connectivity index (χ1) is 9.22. The molecule has 0 amide bonds. The average molecular weight is 272 g/mol. The van der Waals surface area contributed by atoms with Gasteiger partial charge in [-0.1, -0.05) is 35.4 Å². The summed E-state index contributed by atoms with van der Waals surface area (Å²) in [7, 11) is 0. The van der Waals surface area contributed by atoms with Crippen LogP contribution in [-0.2, 0) is 6.42 Å². The lowest BCUT2D eigenvalue weighted by molar-refractivity contribution is 0.524. The number of thiazole rings is 1. The molecule has 2 N–H and O–H groups in total. The van der Waals surface area contributed by atoms with Gasteiger partial charge in [0, 0.05) is 10.4 Å². The van der Waals surface area contributed by atoms with Crippen LogP contribution in [0.4, 0.5) is 6.01 Å². The number of anilines is 1. The summed E-state index contributed by atoms with van der Waals surface area (Å²) in [4.78, 5) is 5.69. The number of nitrogens with two attached hydrogens (primary N) is 1. The number of nitrogen functional groups attached to an aromatic ring is 1. The zero-order chi connectivity index (χ0) is 13.2. The summed E-state index contributed by atoms with van der Waals surface area (Å²) in [5, 5.41) is 8.57. The third kappa shape index (κ3) is 2.48. The molecule has 2 heterocycles. The van der Waals surface area contributed by atoms with E-state index >= 15 is 0 Å². The van der Waals surface area contributed by atoms with Gasteiger partial charge in [-0.25, -0.2) is 4.98 Å². The maximum atomic E-state index is 5.43. The van der Waals surface area contributed by atoms with Gasteiger partial charge in [-0.3, -0.25) is 0 Å². The first-order valence-corrected chi connectivity index (χ1v) is 6.63. The Morgan fingerprint density at radius 3 is 2.68 bits per heavy atom. The second-order valence-electron chi connectivity index (χ2n) is 4.08. The van der Waals surface area contributed by atoms with E-state index < -0.39 is 0 Å². The van der Waals surface area contributed by atoms with Crippen LogP contribution in [0.1, 0.15) is 15.8 Å². The van der Waals surface area contributed by atoms with Gasteiger partial charge in [0.25, 0.3) is 0 Å². The van der Waals surface area contributed by atoms with E-state index in [1.807, 2.05) is 37.3 Å². The van der Waals surface area contributed by atoms with Gasteiger partial charge in [0.2, 0.25) is 5.89 Å². The molecule has 5 nitrogen and oxygen atoms in total. The van der Waals surface area contributed by atoms with E-state index in [2.05, 4.69) is 15.2 Å². The molecule has 0 aliphatic rings. The molecule has 1 aromatic carbocycles. The zero-order valence-corrected chi connectivity index (χ0v) is 11.1. The topological polar surface area (TPSA) is 77.8 Å². The van der Waals surface area contributed by atoms with Crippen molar-refractivity contribution in [2.45, 2.75) is 13.3 Å². The Morgan fingerprint density at radius 1 is 1.21 bits per heavy atom. The summed E-state index contributed by atoms with van der Waals surface area (Å²) in [5.41, 5.74) is 7.50. The number of rotatable bonds is 3. The van der Waals surface area contributed by atoms with Crippen LogP contribution in [0, 0.1) is 6.92 Å². The molecule has 3 aromatic rings. The molecule has 19 heavy (non-hydrogen) atoms. The van der Waals surface area contributed by atoms with Gasteiger partial charge in [-0.15, -0.1) is 16.4 Å². The standard InChI is InChI=1S/C13H12N4OS/c1-8-15-12(9-5-3-2-4-6-9)10(19-8)7-11-16-17-13(14)18-11/h2-6H,7H2,1H3,(H2,14,17). The van der Waals surface area contributed by atoms with Crippen LogP contribution >= 0.6 is 11.3 Å². The molecule has 0 fully saturated rings. The molecule has 0 saturated carbocycles. The van der Waals surface area contributed by atoms with Gasteiger partial charge < -0.3 is 10.2 Å². The van der Waals surface area contributed by atoms with Crippen LogP contribution in [0.5, 0.6) is 0 Å². The van der Waals surface area contributed by atoms with Crippen molar-refractivity contribution >= 4 is 17.4 Å². The van der Waals surface area contributed by atoms with Crippen LogP contribution < -0.4 is 5.73 Å². The third-order valence-electron chi connectivity index (χ3n) is 2.65. The fourth-order valence-corrected chi connectivity index (χ4v) is 2.84. The lowest BCUT2D eigenvalue weighted by atomic mass is 10.1. The third-order valence-corrected chi connectivity index (χ3v) is 3.62. The molecule has 0 unspecified atom stereocenters. The molecule has 6 heteroatoms. The molecule has 0 aliphatic heterocycles. The lowest BCUT2D eigenvalue weighted by Crippen LogP contribution is -1.89. The molecule has 2 aromatic heterocycles. The quantitative estimate of drug-likeness (QED) is 0.793. The van der Waals surface area contributed by atoms with Crippen molar-refractivity contribution in [2.24, 2.45) is 0 Å². The molecule has 0 radical (unpaired) electrons. The Bertz CT molecular complexity index is 690. The summed E-state index contributed by atoms with van der Waals surface area (Å²) in [6.07, 6.45) is 0.555. The maximum Gasteiger partial charge on any atom is 0.312 e. The SMILES string of the molecule is Cc1nc(-c2ccccc2)c(Cc2nnc(N)o2)s1. The molecule has 0 spiro atoms. The normalized spacial score (nSPS) is 10.8. The van der Waals surface area contributed by atoms with Gasteiger partial charge >= 0.3 is 6.01 Å². The highest BCUT2D eigenvalue weighted by molar-refractivity contribution is 7.12. The van der Waals surface area contributed by atoms with Gasteiger partial charge in [0.05, 0.1) is 17.1 Å². The molecule has 0 atom stereocenters. The minimum absolute atomic E-state index is 0.0949. The van der Waals surface area contributed by atoms with Gasteiger partial charge in [-0.2, -0.15) is 0 Å². The van der Waals surface area contributed by atoms with E-state index in [0.717, 1.165) is 21.1 Å². The number of benzene rings is 1. The van der Waals surface area contributed by atoms with E-state index in [1.165, 1.54) is 0 Å². The lowest BCUT2D eigenvalue weighted by Gasteiger charge is -1.99. The Balaban J connectivity index is 1.98. The van der Waals surface area contributed by atoms with Gasteiger partial charge in [0.1, 0.15) is 0 Å². The second kappa shape index (κ2) is 4.81. The highest BCUT2D eigenvalue weighted by Gasteiger charge is 2.14. The number of hydrogen-bond acceptors (Lipinski definition) is 6. The van der Waals surface area contributed by atoms with Crippen LogP contribution in [0.3, 0.4) is 0 Å². The Morgan fingerprint density at radius 2 is 2.00 bits per heavy atom. The van der Waals surface area contributed by atoms with E-state index in [-0.39, 0.29) is 6.01 Å². The molecular formula is C13H12N4OS. The summed E-state index contributed by atoms with van der Waals surface area (Å²) >= 11 is 1.63. The van der Waals surface area contributed by atoms with Gasteiger partial charge in [-0.05, 0) is 6.92 Å². The second-order valence-corrected chi connectivity index (χ2v) is 5.37. The summed E-state index contributed by atoms with van der Waals surface area (Å²) in [5.74, 6) is 0.512. The van der Waals surface area contributed by atoms with Crippen LogP contribution in [0.25, 0.3) is 11.3 Å². The number of nitrogens with zero attached hydrogens (tertiary/aromatic N) is 3. The van der Waals surface area contributed by atoms with Crippen molar-refractivity contribution in [1.29, 1.82) is 0 Å². The van der Waals surface area contributed by atoms with Crippen molar-refractivity contribution in [3.63, 3.8) is 0 Å². The Hall–Kier alpha value is -2.21. The minimum Gasteiger partial charge on any atom is -0.408 e. The van der Waals surface area contributed by atoms with E-state index in [9.17, 15) is 0 Å². The fourth-order valence-electron chi connectivity index (χ4n) is 1.89. The smallest absolute Gasteiger partial charge is 0.312 e. The number of aryl methyl sites for hydroxylation is 1. The Labute approximate surface area is 114 Å². The predicted molar refractivity (Wildman–Crippen MR) is 73.8 cm³/mol. The van der Waals surface area contributed by atoms with Crippen molar-refractivity contribution < 1.29 is 4.42 Å². The first-order valence-electron chi connectivity index (χ1n) is 5.82. The van der Waals surface area contributed by atoms with Crippen LogP contribution in [-0.4, -0.2) is 15.2 Å². The number of hydrogen-bond donors (Lipinski definition) is 1. The van der Waals surface area contributed by atoms with E-state index in [0.29, 0.717) is 12.3 Å². The fraction of sp³-hybridized carbons (Fsp3) is 0.154. The molecular weight excluding hydrogens is 260 g/mol. The minimum atomic E-state index is 0.0949. The van der Waals surface area contributed by atoms with Crippen LogP contribution in [0.15, 0.2) is 34.7 Å².